The van der Waals surface area contributed by atoms with Crippen molar-refractivity contribution in [1.82, 2.24) is 4.90 Å². The lowest BCUT2D eigenvalue weighted by Crippen LogP contribution is -2.34. The highest BCUT2D eigenvalue weighted by molar-refractivity contribution is 7.92. The number of anilines is 1. The van der Waals surface area contributed by atoms with Crippen LogP contribution in [0.15, 0.2) is 18.2 Å². The van der Waals surface area contributed by atoms with Gasteiger partial charge in [0.15, 0.2) is 0 Å². The standard InChI is InChI=1S/C19H28N2O3S/c1-14-11-17-12-16(9-10-18(17)21(14)25(3,23)24)19(22)20(2)13-15-7-5-4-6-8-15/h9-10,12,14-15H,4-8,11,13H2,1-3H3. The first-order chi connectivity index (χ1) is 11.8. The normalized spacial score (nSPS) is 21.2. The number of nitrogens with zero attached hydrogens (tertiary/aromatic N) is 2. The number of rotatable bonds is 4. The van der Waals surface area contributed by atoms with E-state index in [2.05, 4.69) is 0 Å². The first-order valence-electron chi connectivity index (χ1n) is 9.15. The van der Waals surface area contributed by atoms with Crippen LogP contribution in [0.1, 0.15) is 54.9 Å². The van der Waals surface area contributed by atoms with E-state index in [1.807, 2.05) is 24.9 Å². The lowest BCUT2D eigenvalue weighted by molar-refractivity contribution is 0.0760. The van der Waals surface area contributed by atoms with E-state index in [1.165, 1.54) is 42.7 Å². The molecule has 1 atom stereocenters. The summed E-state index contributed by atoms with van der Waals surface area (Å²) in [6.07, 6.45) is 8.15. The molecule has 1 aromatic rings. The third-order valence-corrected chi connectivity index (χ3v) is 6.71. The van der Waals surface area contributed by atoms with Crippen molar-refractivity contribution in [1.29, 1.82) is 0 Å². The number of fused-ring (bicyclic) bond motifs is 1. The molecule has 1 aliphatic heterocycles. The third-order valence-electron chi connectivity index (χ3n) is 5.44. The Labute approximate surface area is 151 Å². The van der Waals surface area contributed by atoms with Crippen molar-refractivity contribution in [3.05, 3.63) is 29.3 Å². The predicted molar refractivity (Wildman–Crippen MR) is 100 cm³/mol. The molecule has 1 saturated carbocycles. The van der Waals surface area contributed by atoms with Crippen molar-refractivity contribution < 1.29 is 13.2 Å². The second-order valence-corrected chi connectivity index (χ2v) is 9.50. The van der Waals surface area contributed by atoms with Crippen molar-refractivity contribution in [2.75, 3.05) is 24.2 Å². The quantitative estimate of drug-likeness (QED) is 0.825. The number of hydrogen-bond donors (Lipinski definition) is 0. The second-order valence-electron chi connectivity index (χ2n) is 7.65. The molecule has 1 heterocycles. The fourth-order valence-electron chi connectivity index (χ4n) is 4.30. The minimum absolute atomic E-state index is 0.0267. The minimum Gasteiger partial charge on any atom is -0.341 e. The Morgan fingerprint density at radius 2 is 1.92 bits per heavy atom. The first kappa shape index (κ1) is 18.2. The van der Waals surface area contributed by atoms with Gasteiger partial charge in [-0.2, -0.15) is 0 Å². The molecule has 0 spiro atoms. The Kier molecular flexibility index (Phi) is 5.09. The summed E-state index contributed by atoms with van der Waals surface area (Å²) in [4.78, 5) is 14.6. The first-order valence-corrected chi connectivity index (χ1v) is 11.0. The number of hydrogen-bond acceptors (Lipinski definition) is 3. The van der Waals surface area contributed by atoms with Gasteiger partial charge >= 0.3 is 0 Å². The minimum atomic E-state index is -3.30. The van der Waals surface area contributed by atoms with Gasteiger partial charge in [0.05, 0.1) is 11.9 Å². The molecule has 0 bridgehead atoms. The van der Waals surface area contributed by atoms with Gasteiger partial charge in [0.2, 0.25) is 10.0 Å². The molecule has 0 N–H and O–H groups in total. The van der Waals surface area contributed by atoms with Gasteiger partial charge in [0.1, 0.15) is 0 Å². The molecule has 2 aliphatic rings. The Bertz CT molecular complexity index is 754. The maximum atomic E-state index is 12.8. The van der Waals surface area contributed by atoms with Crippen LogP contribution in [0.2, 0.25) is 0 Å². The van der Waals surface area contributed by atoms with E-state index in [0.29, 0.717) is 23.6 Å². The molecule has 1 amide bonds. The summed E-state index contributed by atoms with van der Waals surface area (Å²) in [5, 5.41) is 0. The van der Waals surface area contributed by atoms with Gasteiger partial charge in [0, 0.05) is 25.2 Å². The van der Waals surface area contributed by atoms with Gasteiger partial charge in [-0.1, -0.05) is 19.3 Å². The Balaban J connectivity index is 1.76. The average molecular weight is 365 g/mol. The number of amides is 1. The zero-order valence-corrected chi connectivity index (χ0v) is 16.2. The van der Waals surface area contributed by atoms with Crippen LogP contribution in [0.5, 0.6) is 0 Å². The largest absolute Gasteiger partial charge is 0.341 e. The fraction of sp³-hybridized carbons (Fsp3) is 0.632. The molecule has 25 heavy (non-hydrogen) atoms. The number of carbonyl (C=O) groups excluding carboxylic acids is 1. The zero-order chi connectivity index (χ0) is 18.2. The summed E-state index contributed by atoms with van der Waals surface area (Å²) in [6.45, 7) is 2.71. The van der Waals surface area contributed by atoms with E-state index in [1.54, 1.807) is 12.1 Å². The van der Waals surface area contributed by atoms with Gasteiger partial charge in [0.25, 0.3) is 5.91 Å². The molecule has 1 aromatic carbocycles. The molecular weight excluding hydrogens is 336 g/mol. The molecule has 6 heteroatoms. The summed E-state index contributed by atoms with van der Waals surface area (Å²) < 4.78 is 25.5. The van der Waals surface area contributed by atoms with Crippen LogP contribution >= 0.6 is 0 Å². The van der Waals surface area contributed by atoms with Crippen molar-refractivity contribution >= 4 is 21.6 Å². The maximum Gasteiger partial charge on any atom is 0.253 e. The highest BCUT2D eigenvalue weighted by Gasteiger charge is 2.33. The molecule has 138 valence electrons. The van der Waals surface area contributed by atoms with E-state index >= 15 is 0 Å². The molecule has 5 nitrogen and oxygen atoms in total. The summed E-state index contributed by atoms with van der Waals surface area (Å²) in [6, 6.07) is 5.31. The van der Waals surface area contributed by atoms with Crippen LogP contribution in [0.4, 0.5) is 5.69 Å². The number of sulfonamides is 1. The highest BCUT2D eigenvalue weighted by Crippen LogP contribution is 2.35. The molecule has 1 unspecified atom stereocenters. The summed E-state index contributed by atoms with van der Waals surface area (Å²) in [7, 11) is -1.43. The lowest BCUT2D eigenvalue weighted by atomic mass is 9.89. The molecule has 0 saturated heterocycles. The van der Waals surface area contributed by atoms with Crippen LogP contribution in [0, 0.1) is 5.92 Å². The molecular formula is C19H28N2O3S. The van der Waals surface area contributed by atoms with Gasteiger partial charge < -0.3 is 4.90 Å². The van der Waals surface area contributed by atoms with Crippen LogP contribution in [0.25, 0.3) is 0 Å². The molecule has 0 radical (unpaired) electrons. The van der Waals surface area contributed by atoms with E-state index in [4.69, 9.17) is 0 Å². The highest BCUT2D eigenvalue weighted by atomic mass is 32.2. The topological polar surface area (TPSA) is 57.7 Å². The van der Waals surface area contributed by atoms with Crippen LogP contribution in [-0.4, -0.2) is 45.1 Å². The zero-order valence-electron chi connectivity index (χ0n) is 15.4. The van der Waals surface area contributed by atoms with Crippen LogP contribution in [-0.2, 0) is 16.4 Å². The van der Waals surface area contributed by atoms with E-state index < -0.39 is 10.0 Å². The van der Waals surface area contributed by atoms with Crippen LogP contribution in [0.3, 0.4) is 0 Å². The number of carbonyl (C=O) groups is 1. The summed E-state index contributed by atoms with van der Waals surface area (Å²) in [5.74, 6) is 0.636. The number of benzene rings is 1. The lowest BCUT2D eigenvalue weighted by Gasteiger charge is -2.27. The predicted octanol–water partition coefficient (Wildman–Crippen LogP) is 3.05. The molecule has 1 fully saturated rings. The van der Waals surface area contributed by atoms with Crippen LogP contribution < -0.4 is 4.31 Å². The van der Waals surface area contributed by atoms with E-state index in [-0.39, 0.29) is 11.9 Å². The summed E-state index contributed by atoms with van der Waals surface area (Å²) in [5.41, 5.74) is 2.30. The molecule has 3 rings (SSSR count). The molecule has 0 aromatic heterocycles. The van der Waals surface area contributed by atoms with E-state index in [0.717, 1.165) is 12.1 Å². The second kappa shape index (κ2) is 6.98. The van der Waals surface area contributed by atoms with Crippen molar-refractivity contribution in [2.45, 2.75) is 51.5 Å². The van der Waals surface area contributed by atoms with Gasteiger partial charge in [-0.25, -0.2) is 8.42 Å². The van der Waals surface area contributed by atoms with Crippen molar-refractivity contribution in [2.24, 2.45) is 5.92 Å². The van der Waals surface area contributed by atoms with Crippen molar-refractivity contribution in [3.63, 3.8) is 0 Å². The fourth-order valence-corrected chi connectivity index (χ4v) is 5.57. The Morgan fingerprint density at radius 1 is 1.24 bits per heavy atom. The van der Waals surface area contributed by atoms with Gasteiger partial charge in [-0.15, -0.1) is 0 Å². The summed E-state index contributed by atoms with van der Waals surface area (Å²) >= 11 is 0. The average Bonchev–Trinajstić information content (AvgIpc) is 2.89. The van der Waals surface area contributed by atoms with Gasteiger partial charge in [-0.05, 0) is 55.9 Å². The molecule has 1 aliphatic carbocycles. The van der Waals surface area contributed by atoms with E-state index in [9.17, 15) is 13.2 Å². The smallest absolute Gasteiger partial charge is 0.253 e. The SMILES string of the molecule is CC1Cc2cc(C(=O)N(C)CC3CCCCC3)ccc2N1S(C)(=O)=O. The third kappa shape index (κ3) is 3.84. The Morgan fingerprint density at radius 3 is 2.56 bits per heavy atom. The van der Waals surface area contributed by atoms with Gasteiger partial charge in [-0.3, -0.25) is 9.10 Å². The Hall–Kier alpha value is -1.56. The monoisotopic (exact) mass is 364 g/mol. The maximum absolute atomic E-state index is 12.8. The van der Waals surface area contributed by atoms with Crippen molar-refractivity contribution in [3.8, 4) is 0 Å².